The average Bonchev–Trinajstić information content (AvgIpc) is 3.01. The van der Waals surface area contributed by atoms with Gasteiger partial charge in [-0.25, -0.2) is 4.79 Å². The van der Waals surface area contributed by atoms with Crippen LogP contribution in [0.3, 0.4) is 0 Å². The third-order valence-corrected chi connectivity index (χ3v) is 3.25. The highest BCUT2D eigenvalue weighted by molar-refractivity contribution is 5.88. The summed E-state index contributed by atoms with van der Waals surface area (Å²) in [7, 11) is 0. The van der Waals surface area contributed by atoms with Crippen molar-refractivity contribution < 1.29 is 40.7 Å². The zero-order chi connectivity index (χ0) is 22.0. The minimum Gasteiger partial charge on any atom is -0.457 e. The van der Waals surface area contributed by atoms with Crippen LogP contribution in [0.25, 0.3) is 0 Å². The Kier molecular flexibility index (Phi) is 6.00. The number of alkyl halides is 5. The van der Waals surface area contributed by atoms with E-state index in [1.54, 1.807) is 20.8 Å². The molecule has 0 aliphatic carbocycles. The van der Waals surface area contributed by atoms with Gasteiger partial charge in [-0.15, -0.1) is 13.2 Å². The third-order valence-electron chi connectivity index (χ3n) is 3.25. The quantitative estimate of drug-likeness (QED) is 0.388. The Balaban J connectivity index is 2.12. The lowest BCUT2D eigenvalue weighted by Gasteiger charge is -2.19. The molecule has 0 fully saturated rings. The van der Waals surface area contributed by atoms with Gasteiger partial charge >= 0.3 is 18.3 Å². The lowest BCUT2D eigenvalue weighted by molar-refractivity contribution is -0.274. The van der Waals surface area contributed by atoms with Crippen molar-refractivity contribution >= 4 is 5.97 Å². The molecule has 158 valence electrons. The number of benzene rings is 1. The summed E-state index contributed by atoms with van der Waals surface area (Å²) in [6.45, 7) is 8.45. The third kappa shape index (κ3) is 6.26. The molecule has 11 heteroatoms. The van der Waals surface area contributed by atoms with E-state index < -0.39 is 41.0 Å². The molecule has 0 radical (unpaired) electrons. The monoisotopic (exact) mass is 420 g/mol. The Morgan fingerprint density at radius 3 is 2.21 bits per heavy atom. The van der Waals surface area contributed by atoms with Crippen LogP contribution in [0.15, 0.2) is 40.9 Å². The van der Waals surface area contributed by atoms with Crippen LogP contribution in [0.4, 0.5) is 22.0 Å². The molecule has 1 aromatic carbocycles. The molecule has 0 aliphatic rings. The van der Waals surface area contributed by atoms with E-state index in [0.717, 1.165) is 24.3 Å². The largest absolute Gasteiger partial charge is 0.573 e. The first-order chi connectivity index (χ1) is 13.2. The Hall–Kier alpha value is -2.98. The normalized spacial score (nSPS) is 12.6. The van der Waals surface area contributed by atoms with Gasteiger partial charge in [-0.1, -0.05) is 11.7 Å². The summed E-state index contributed by atoms with van der Waals surface area (Å²) in [4.78, 5) is 15.4. The van der Waals surface area contributed by atoms with Crippen molar-refractivity contribution in [3.05, 3.63) is 53.7 Å². The van der Waals surface area contributed by atoms with Gasteiger partial charge in [-0.3, -0.25) is 0 Å². The number of carbonyl (C=O) groups is 1. The van der Waals surface area contributed by atoms with E-state index in [4.69, 9.17) is 9.26 Å². The number of carbonyl (C=O) groups excluding carboxylic acids is 1. The van der Waals surface area contributed by atoms with Crippen LogP contribution < -0.4 is 4.74 Å². The van der Waals surface area contributed by atoms with Gasteiger partial charge in [-0.05, 0) is 45.0 Å². The van der Waals surface area contributed by atoms with Crippen LogP contribution in [-0.2, 0) is 21.9 Å². The van der Waals surface area contributed by atoms with E-state index >= 15 is 0 Å². The fourth-order valence-electron chi connectivity index (χ4n) is 2.05. The molecule has 0 spiro atoms. The Labute approximate surface area is 162 Å². The van der Waals surface area contributed by atoms with Gasteiger partial charge in [0.25, 0.3) is 0 Å². The summed E-state index contributed by atoms with van der Waals surface area (Å²) < 4.78 is 79.0. The first-order valence-corrected chi connectivity index (χ1v) is 8.16. The zero-order valence-electron chi connectivity index (χ0n) is 15.6. The molecule has 0 N–H and O–H groups in total. The Bertz CT molecular complexity index is 883. The molecule has 29 heavy (non-hydrogen) atoms. The molecule has 2 aromatic rings. The van der Waals surface area contributed by atoms with Gasteiger partial charge in [0.05, 0.1) is 6.42 Å². The van der Waals surface area contributed by atoms with Crippen LogP contribution in [0.1, 0.15) is 38.0 Å². The highest BCUT2D eigenvalue weighted by atomic mass is 19.4. The molecule has 0 bridgehead atoms. The van der Waals surface area contributed by atoms with Gasteiger partial charge in [0, 0.05) is 11.1 Å². The van der Waals surface area contributed by atoms with Crippen molar-refractivity contribution in [2.45, 2.75) is 45.1 Å². The van der Waals surface area contributed by atoms with Crippen molar-refractivity contribution in [2.24, 2.45) is 0 Å². The van der Waals surface area contributed by atoms with Gasteiger partial charge in [0.15, 0.2) is 0 Å². The van der Waals surface area contributed by atoms with Crippen LogP contribution in [0, 0.1) is 0 Å². The number of nitrogens with zero attached hydrogens (tertiary/aromatic N) is 2. The molecule has 0 saturated carbocycles. The second-order valence-electron chi connectivity index (χ2n) is 6.94. The first kappa shape index (κ1) is 22.3. The second-order valence-corrected chi connectivity index (χ2v) is 6.94. The SMILES string of the molecule is C=C(Cc1nc(C(F)(F)c2ccc(OC(F)(F)F)cc2)no1)C(=O)OC(C)(C)C. The summed E-state index contributed by atoms with van der Waals surface area (Å²) in [6.07, 6.45) is -5.25. The number of esters is 1. The van der Waals surface area contributed by atoms with Crippen LogP contribution in [0.5, 0.6) is 5.75 Å². The molecule has 1 heterocycles. The van der Waals surface area contributed by atoms with E-state index in [9.17, 15) is 26.7 Å². The van der Waals surface area contributed by atoms with Crippen LogP contribution in [0.2, 0.25) is 0 Å². The fraction of sp³-hybridized carbons (Fsp3) is 0.389. The maximum atomic E-state index is 14.5. The highest BCUT2D eigenvalue weighted by Crippen LogP contribution is 2.35. The molecule has 1 aromatic heterocycles. The number of aromatic nitrogens is 2. The van der Waals surface area contributed by atoms with Gasteiger partial charge in [0.2, 0.25) is 11.7 Å². The molecule has 0 aliphatic heterocycles. The summed E-state index contributed by atoms with van der Waals surface area (Å²) in [5, 5.41) is 3.19. The van der Waals surface area contributed by atoms with Crippen molar-refractivity contribution in [2.75, 3.05) is 0 Å². The van der Waals surface area contributed by atoms with E-state index in [0.29, 0.717) is 0 Å². The average molecular weight is 420 g/mol. The molecule has 0 saturated heterocycles. The van der Waals surface area contributed by atoms with Gasteiger partial charge in [0.1, 0.15) is 11.4 Å². The smallest absolute Gasteiger partial charge is 0.457 e. The molecular formula is C18H17F5N2O4. The molecule has 0 unspecified atom stereocenters. The first-order valence-electron chi connectivity index (χ1n) is 8.16. The number of hydrogen-bond donors (Lipinski definition) is 0. The zero-order valence-corrected chi connectivity index (χ0v) is 15.6. The van der Waals surface area contributed by atoms with E-state index in [1.165, 1.54) is 0 Å². The summed E-state index contributed by atoms with van der Waals surface area (Å²) in [5.74, 6) is -6.48. The maximum absolute atomic E-state index is 14.5. The minimum absolute atomic E-state index is 0.0768. The fourth-order valence-corrected chi connectivity index (χ4v) is 2.05. The lowest BCUT2D eigenvalue weighted by Crippen LogP contribution is -2.25. The predicted octanol–water partition coefficient (Wildman–Crippen LogP) is 4.55. The van der Waals surface area contributed by atoms with E-state index in [2.05, 4.69) is 21.5 Å². The van der Waals surface area contributed by atoms with E-state index in [1.807, 2.05) is 0 Å². The Morgan fingerprint density at radius 1 is 1.10 bits per heavy atom. The predicted molar refractivity (Wildman–Crippen MR) is 89.1 cm³/mol. The van der Waals surface area contributed by atoms with Crippen molar-refractivity contribution in [3.63, 3.8) is 0 Å². The summed E-state index contributed by atoms with van der Waals surface area (Å²) in [6, 6.07) is 2.97. The van der Waals surface area contributed by atoms with Gasteiger partial charge in [-0.2, -0.15) is 13.8 Å². The van der Waals surface area contributed by atoms with Crippen LogP contribution in [-0.4, -0.2) is 28.1 Å². The number of rotatable bonds is 6. The molecule has 0 amide bonds. The highest BCUT2D eigenvalue weighted by Gasteiger charge is 2.40. The molecular weight excluding hydrogens is 403 g/mol. The summed E-state index contributed by atoms with van der Waals surface area (Å²) in [5.41, 5.74) is -1.52. The van der Waals surface area contributed by atoms with Crippen molar-refractivity contribution in [3.8, 4) is 5.75 Å². The van der Waals surface area contributed by atoms with Crippen molar-refractivity contribution in [1.29, 1.82) is 0 Å². The van der Waals surface area contributed by atoms with Crippen molar-refractivity contribution in [1.82, 2.24) is 10.1 Å². The topological polar surface area (TPSA) is 74.5 Å². The second kappa shape index (κ2) is 7.80. The number of halogens is 5. The summed E-state index contributed by atoms with van der Waals surface area (Å²) >= 11 is 0. The van der Waals surface area contributed by atoms with Gasteiger partial charge < -0.3 is 14.0 Å². The molecule has 2 rings (SSSR count). The lowest BCUT2D eigenvalue weighted by atomic mass is 10.1. The van der Waals surface area contributed by atoms with Crippen LogP contribution >= 0.6 is 0 Å². The maximum Gasteiger partial charge on any atom is 0.573 e. The minimum atomic E-state index is -4.94. The standard InChI is InChI=1S/C18H17F5N2O4/c1-10(14(26)28-16(2,3)4)9-13-24-15(25-29-13)17(19,20)11-5-7-12(8-6-11)27-18(21,22)23/h5-8H,1,9H2,2-4H3. The number of ether oxygens (including phenoxy) is 2. The van der Waals surface area contributed by atoms with E-state index in [-0.39, 0.29) is 17.9 Å². The molecule has 0 atom stereocenters. The number of hydrogen-bond acceptors (Lipinski definition) is 6. The Morgan fingerprint density at radius 2 is 1.69 bits per heavy atom. The molecule has 6 nitrogen and oxygen atoms in total.